The Morgan fingerprint density at radius 1 is 1.44 bits per heavy atom. The number of hydrogen-bond acceptors (Lipinski definition) is 3. The zero-order valence-electron chi connectivity index (χ0n) is 8.83. The van der Waals surface area contributed by atoms with Crippen molar-refractivity contribution in [2.75, 3.05) is 7.11 Å². The lowest BCUT2D eigenvalue weighted by molar-refractivity contribution is 0.412. The number of nitrogens with one attached hydrogen (secondary N) is 1. The maximum Gasteiger partial charge on any atom is 0.133 e. The molecular weight excluding hydrogens is 270 g/mol. The molecule has 0 spiro atoms. The van der Waals surface area contributed by atoms with Gasteiger partial charge in [-0.25, -0.2) is 0 Å². The summed E-state index contributed by atoms with van der Waals surface area (Å²) in [4.78, 5) is 0. The molecule has 0 aliphatic rings. The van der Waals surface area contributed by atoms with Crippen LogP contribution < -0.4 is 10.5 Å². The highest BCUT2D eigenvalue weighted by Gasteiger charge is 2.06. The Morgan fingerprint density at radius 3 is 2.88 bits per heavy atom. The van der Waals surface area contributed by atoms with Crippen molar-refractivity contribution in [3.8, 4) is 17.0 Å². The van der Waals surface area contributed by atoms with Gasteiger partial charge in [-0.15, -0.1) is 0 Å². The molecule has 3 N–H and O–H groups in total. The van der Waals surface area contributed by atoms with Gasteiger partial charge in [0.05, 0.1) is 17.3 Å². The molecule has 0 saturated heterocycles. The molecule has 0 bridgehead atoms. The summed E-state index contributed by atoms with van der Waals surface area (Å²) in [6.07, 6.45) is 0. The standard InChI is InChI=1S/C11H12BrN3O/c1-16-11-4-7(2-3-9(11)12)10-5-8(6-13)14-15-10/h2-5H,6,13H2,1H3,(H,14,15). The smallest absolute Gasteiger partial charge is 0.133 e. The molecule has 0 amide bonds. The maximum absolute atomic E-state index is 5.52. The van der Waals surface area contributed by atoms with Gasteiger partial charge < -0.3 is 10.5 Å². The number of aromatic nitrogens is 2. The van der Waals surface area contributed by atoms with Crippen molar-refractivity contribution in [1.82, 2.24) is 10.2 Å². The Labute approximate surface area is 102 Å². The fraction of sp³-hybridized carbons (Fsp3) is 0.182. The van der Waals surface area contributed by atoms with Crippen LogP contribution in [0.15, 0.2) is 28.7 Å². The molecule has 2 rings (SSSR count). The van der Waals surface area contributed by atoms with E-state index in [0.717, 1.165) is 27.2 Å². The van der Waals surface area contributed by atoms with Crippen molar-refractivity contribution in [3.05, 3.63) is 34.4 Å². The molecule has 1 heterocycles. The van der Waals surface area contributed by atoms with Gasteiger partial charge in [-0.1, -0.05) is 6.07 Å². The lowest BCUT2D eigenvalue weighted by Crippen LogP contribution is -1.95. The van der Waals surface area contributed by atoms with E-state index >= 15 is 0 Å². The van der Waals surface area contributed by atoms with Crippen LogP contribution in [0.1, 0.15) is 5.69 Å². The van der Waals surface area contributed by atoms with Crippen LogP contribution in [0.4, 0.5) is 0 Å². The van der Waals surface area contributed by atoms with Crippen molar-refractivity contribution in [3.63, 3.8) is 0 Å². The lowest BCUT2D eigenvalue weighted by Gasteiger charge is -2.04. The highest BCUT2D eigenvalue weighted by Crippen LogP contribution is 2.29. The van der Waals surface area contributed by atoms with Crippen molar-refractivity contribution in [2.45, 2.75) is 6.54 Å². The minimum Gasteiger partial charge on any atom is -0.496 e. The summed E-state index contributed by atoms with van der Waals surface area (Å²) in [5.74, 6) is 0.787. The average molecular weight is 282 g/mol. The van der Waals surface area contributed by atoms with Crippen LogP contribution in [0.5, 0.6) is 5.75 Å². The Hall–Kier alpha value is -1.33. The van der Waals surface area contributed by atoms with E-state index in [9.17, 15) is 0 Å². The van der Waals surface area contributed by atoms with E-state index in [1.54, 1.807) is 7.11 Å². The Bertz CT molecular complexity index is 496. The maximum atomic E-state index is 5.52. The normalized spacial score (nSPS) is 10.4. The molecule has 16 heavy (non-hydrogen) atoms. The molecule has 0 aliphatic heterocycles. The number of aromatic amines is 1. The van der Waals surface area contributed by atoms with Gasteiger partial charge in [-0.05, 0) is 34.1 Å². The Kier molecular flexibility index (Phi) is 3.26. The lowest BCUT2D eigenvalue weighted by atomic mass is 10.1. The van der Waals surface area contributed by atoms with Gasteiger partial charge in [0, 0.05) is 17.8 Å². The van der Waals surface area contributed by atoms with Crippen LogP contribution in [0, 0.1) is 0 Å². The molecule has 0 aliphatic carbocycles. The largest absolute Gasteiger partial charge is 0.496 e. The molecule has 0 radical (unpaired) electrons. The topological polar surface area (TPSA) is 63.9 Å². The molecule has 1 aromatic heterocycles. The molecule has 0 fully saturated rings. The fourth-order valence-electron chi connectivity index (χ4n) is 1.43. The number of H-pyrrole nitrogens is 1. The average Bonchev–Trinajstić information content (AvgIpc) is 2.78. The van der Waals surface area contributed by atoms with E-state index in [2.05, 4.69) is 26.1 Å². The van der Waals surface area contributed by atoms with E-state index in [4.69, 9.17) is 10.5 Å². The van der Waals surface area contributed by atoms with Gasteiger partial charge in [0.1, 0.15) is 5.75 Å². The summed E-state index contributed by atoms with van der Waals surface area (Å²) in [7, 11) is 1.64. The molecule has 84 valence electrons. The van der Waals surface area contributed by atoms with Gasteiger partial charge >= 0.3 is 0 Å². The van der Waals surface area contributed by atoms with Crippen molar-refractivity contribution < 1.29 is 4.74 Å². The zero-order valence-corrected chi connectivity index (χ0v) is 10.4. The molecule has 0 saturated carbocycles. The quantitative estimate of drug-likeness (QED) is 0.908. The van der Waals surface area contributed by atoms with Gasteiger partial charge in [0.25, 0.3) is 0 Å². The van der Waals surface area contributed by atoms with Crippen LogP contribution in [-0.2, 0) is 6.54 Å². The number of methoxy groups -OCH3 is 1. The summed E-state index contributed by atoms with van der Waals surface area (Å²) in [6, 6.07) is 7.78. The van der Waals surface area contributed by atoms with E-state index in [0.29, 0.717) is 6.54 Å². The monoisotopic (exact) mass is 281 g/mol. The summed E-state index contributed by atoms with van der Waals surface area (Å²) in [6.45, 7) is 0.459. The summed E-state index contributed by atoms with van der Waals surface area (Å²) >= 11 is 3.41. The zero-order chi connectivity index (χ0) is 11.5. The third-order valence-electron chi connectivity index (χ3n) is 2.30. The van der Waals surface area contributed by atoms with Gasteiger partial charge in [0.2, 0.25) is 0 Å². The molecule has 0 unspecified atom stereocenters. The first kappa shape index (κ1) is 11.2. The van der Waals surface area contributed by atoms with Crippen LogP contribution in [0.2, 0.25) is 0 Å². The van der Waals surface area contributed by atoms with Crippen molar-refractivity contribution >= 4 is 15.9 Å². The molecule has 2 aromatic rings. The molecule has 4 nitrogen and oxygen atoms in total. The molecule has 0 atom stereocenters. The number of halogens is 1. The van der Waals surface area contributed by atoms with Crippen molar-refractivity contribution in [1.29, 1.82) is 0 Å². The number of hydrogen-bond donors (Lipinski definition) is 2. The highest BCUT2D eigenvalue weighted by atomic mass is 79.9. The number of ether oxygens (including phenoxy) is 1. The van der Waals surface area contributed by atoms with Crippen LogP contribution >= 0.6 is 15.9 Å². The Morgan fingerprint density at radius 2 is 2.25 bits per heavy atom. The van der Waals surface area contributed by atoms with Crippen LogP contribution in [0.25, 0.3) is 11.3 Å². The second kappa shape index (κ2) is 4.67. The van der Waals surface area contributed by atoms with Crippen LogP contribution in [-0.4, -0.2) is 17.3 Å². The second-order valence-corrected chi connectivity index (χ2v) is 4.19. The summed E-state index contributed by atoms with van der Waals surface area (Å²) < 4.78 is 6.16. The summed E-state index contributed by atoms with van der Waals surface area (Å²) in [5.41, 5.74) is 8.29. The number of rotatable bonds is 3. The van der Waals surface area contributed by atoms with Gasteiger partial charge in [-0.3, -0.25) is 5.10 Å². The minimum absolute atomic E-state index is 0.459. The fourth-order valence-corrected chi connectivity index (χ4v) is 1.84. The Balaban J connectivity index is 2.40. The minimum atomic E-state index is 0.459. The third kappa shape index (κ3) is 2.10. The van der Waals surface area contributed by atoms with Crippen molar-refractivity contribution in [2.24, 2.45) is 5.73 Å². The first-order valence-electron chi connectivity index (χ1n) is 4.83. The molecule has 1 aromatic carbocycles. The van der Waals surface area contributed by atoms with Gasteiger partial charge in [-0.2, -0.15) is 5.10 Å². The van der Waals surface area contributed by atoms with Crippen LogP contribution in [0.3, 0.4) is 0 Å². The predicted octanol–water partition coefficient (Wildman–Crippen LogP) is 2.31. The van der Waals surface area contributed by atoms with E-state index in [1.807, 2.05) is 24.3 Å². The molecular formula is C11H12BrN3O. The highest BCUT2D eigenvalue weighted by molar-refractivity contribution is 9.10. The first-order valence-corrected chi connectivity index (χ1v) is 5.62. The predicted molar refractivity (Wildman–Crippen MR) is 66.2 cm³/mol. The third-order valence-corrected chi connectivity index (χ3v) is 2.95. The van der Waals surface area contributed by atoms with E-state index in [1.165, 1.54) is 0 Å². The number of benzene rings is 1. The van der Waals surface area contributed by atoms with Gasteiger partial charge in [0.15, 0.2) is 0 Å². The first-order chi connectivity index (χ1) is 7.74. The number of nitrogens with two attached hydrogens (primary N) is 1. The second-order valence-electron chi connectivity index (χ2n) is 3.33. The van der Waals surface area contributed by atoms with E-state index < -0.39 is 0 Å². The SMILES string of the molecule is COc1cc(-c2cc(CN)[nH]n2)ccc1Br. The summed E-state index contributed by atoms with van der Waals surface area (Å²) in [5, 5.41) is 7.06. The molecule has 5 heteroatoms. The number of nitrogens with zero attached hydrogens (tertiary/aromatic N) is 1. The van der Waals surface area contributed by atoms with E-state index in [-0.39, 0.29) is 0 Å².